The minimum absolute atomic E-state index is 0.394. The topological polar surface area (TPSA) is 61.4 Å². The summed E-state index contributed by atoms with van der Waals surface area (Å²) in [5, 5.41) is 7.06. The van der Waals surface area contributed by atoms with Gasteiger partial charge in [-0.05, 0) is 30.5 Å². The molecule has 0 atom stereocenters. The van der Waals surface area contributed by atoms with Crippen molar-refractivity contribution >= 4 is 17.3 Å². The standard InChI is InChI=1S/C26H35N5O2/c1-27-26(28-19-20-6-8-22(9-7-20)30-12-4-5-13-30)29-21-10-14-31(15-11-21)23-16-24(32-2)18-25(17-23)33-3/h4-9,16-18,21H,10-15,19H2,1-3H3,(H2,27,28,29). The van der Waals surface area contributed by atoms with Crippen LogP contribution in [0.5, 0.6) is 11.5 Å². The van der Waals surface area contributed by atoms with Gasteiger partial charge in [0.2, 0.25) is 0 Å². The molecule has 0 aromatic heterocycles. The minimum atomic E-state index is 0.394. The highest BCUT2D eigenvalue weighted by Crippen LogP contribution is 2.30. The van der Waals surface area contributed by atoms with Crippen LogP contribution in [0.4, 0.5) is 11.4 Å². The van der Waals surface area contributed by atoms with Gasteiger partial charge >= 0.3 is 0 Å². The van der Waals surface area contributed by atoms with Crippen LogP contribution in [0.15, 0.2) is 59.6 Å². The third-order valence-corrected chi connectivity index (χ3v) is 6.34. The molecule has 2 aliphatic rings. The largest absolute Gasteiger partial charge is 0.497 e. The number of hydrogen-bond donors (Lipinski definition) is 2. The average Bonchev–Trinajstić information content (AvgIpc) is 3.42. The lowest BCUT2D eigenvalue weighted by molar-refractivity contribution is 0.393. The molecule has 1 saturated heterocycles. The monoisotopic (exact) mass is 449 g/mol. The van der Waals surface area contributed by atoms with Crippen LogP contribution in [-0.2, 0) is 6.54 Å². The van der Waals surface area contributed by atoms with E-state index >= 15 is 0 Å². The lowest BCUT2D eigenvalue weighted by atomic mass is 10.0. The molecule has 2 N–H and O–H groups in total. The first kappa shape index (κ1) is 22.8. The summed E-state index contributed by atoms with van der Waals surface area (Å²) >= 11 is 0. The lowest BCUT2D eigenvalue weighted by Crippen LogP contribution is -2.48. The summed E-state index contributed by atoms with van der Waals surface area (Å²) < 4.78 is 10.8. The van der Waals surface area contributed by atoms with E-state index in [-0.39, 0.29) is 0 Å². The Morgan fingerprint density at radius 3 is 2.12 bits per heavy atom. The number of benzene rings is 2. The maximum atomic E-state index is 5.42. The molecule has 0 bridgehead atoms. The summed E-state index contributed by atoms with van der Waals surface area (Å²) in [6.45, 7) is 4.69. The number of nitrogens with one attached hydrogen (secondary N) is 2. The van der Waals surface area contributed by atoms with Gasteiger partial charge in [-0.1, -0.05) is 24.3 Å². The summed E-state index contributed by atoms with van der Waals surface area (Å²) in [4.78, 5) is 9.17. The fourth-order valence-corrected chi connectivity index (χ4v) is 4.34. The Hall–Kier alpha value is -3.35. The fraction of sp³-hybridized carbons (Fsp3) is 0.423. The molecule has 33 heavy (non-hydrogen) atoms. The van der Waals surface area contributed by atoms with Gasteiger partial charge < -0.3 is 29.9 Å². The van der Waals surface area contributed by atoms with E-state index in [1.54, 1.807) is 14.2 Å². The Bertz CT molecular complexity index is 935. The van der Waals surface area contributed by atoms with E-state index < -0.39 is 0 Å². The average molecular weight is 450 g/mol. The van der Waals surface area contributed by atoms with E-state index in [1.807, 2.05) is 13.1 Å². The van der Waals surface area contributed by atoms with Crippen LogP contribution >= 0.6 is 0 Å². The number of guanidine groups is 1. The zero-order valence-corrected chi connectivity index (χ0v) is 19.9. The molecule has 1 fully saturated rings. The van der Waals surface area contributed by atoms with Gasteiger partial charge in [0.25, 0.3) is 0 Å². The van der Waals surface area contributed by atoms with Crippen molar-refractivity contribution in [3.63, 3.8) is 0 Å². The van der Waals surface area contributed by atoms with Crippen LogP contribution in [0, 0.1) is 0 Å². The molecule has 2 aromatic rings. The van der Waals surface area contributed by atoms with Crippen LogP contribution in [-0.4, -0.2) is 59.4 Å². The number of hydrogen-bond acceptors (Lipinski definition) is 5. The second-order valence-electron chi connectivity index (χ2n) is 8.45. The Labute approximate surface area is 197 Å². The molecule has 7 heteroatoms. The smallest absolute Gasteiger partial charge is 0.191 e. The predicted molar refractivity (Wildman–Crippen MR) is 136 cm³/mol. The number of nitrogens with zero attached hydrogens (tertiary/aromatic N) is 3. The molecule has 4 rings (SSSR count). The first-order valence-corrected chi connectivity index (χ1v) is 11.6. The normalized spacial score (nSPS) is 16.8. The van der Waals surface area contributed by atoms with Gasteiger partial charge in [-0.3, -0.25) is 4.99 Å². The van der Waals surface area contributed by atoms with Crippen molar-refractivity contribution in [1.82, 2.24) is 10.6 Å². The first-order valence-electron chi connectivity index (χ1n) is 11.6. The van der Waals surface area contributed by atoms with Gasteiger partial charge in [-0.25, -0.2) is 0 Å². The molecule has 0 aliphatic carbocycles. The van der Waals surface area contributed by atoms with E-state index in [1.165, 1.54) is 11.3 Å². The number of aliphatic imine (C=N–C) groups is 1. The highest BCUT2D eigenvalue weighted by atomic mass is 16.5. The summed E-state index contributed by atoms with van der Waals surface area (Å²) in [7, 11) is 5.20. The number of anilines is 2. The van der Waals surface area contributed by atoms with Gasteiger partial charge in [0.05, 0.1) is 14.2 Å². The third-order valence-electron chi connectivity index (χ3n) is 6.34. The minimum Gasteiger partial charge on any atom is -0.497 e. The van der Waals surface area contributed by atoms with Crippen LogP contribution in [0.1, 0.15) is 18.4 Å². The van der Waals surface area contributed by atoms with Crippen molar-refractivity contribution in [2.24, 2.45) is 4.99 Å². The Morgan fingerprint density at radius 1 is 0.909 bits per heavy atom. The summed E-state index contributed by atoms with van der Waals surface area (Å²) in [6.07, 6.45) is 6.50. The molecule has 7 nitrogen and oxygen atoms in total. The molecule has 0 radical (unpaired) electrons. The van der Waals surface area contributed by atoms with Gasteiger partial charge in [-0.2, -0.15) is 0 Å². The van der Waals surface area contributed by atoms with Gasteiger partial charge in [0.1, 0.15) is 11.5 Å². The molecule has 0 spiro atoms. The van der Waals surface area contributed by atoms with Crippen molar-refractivity contribution in [1.29, 1.82) is 0 Å². The van der Waals surface area contributed by atoms with Crippen molar-refractivity contribution in [3.8, 4) is 11.5 Å². The van der Waals surface area contributed by atoms with Crippen molar-refractivity contribution in [2.45, 2.75) is 25.4 Å². The van der Waals surface area contributed by atoms with E-state index in [0.717, 1.165) is 68.7 Å². The second-order valence-corrected chi connectivity index (χ2v) is 8.45. The summed E-state index contributed by atoms with van der Waals surface area (Å²) in [5.41, 5.74) is 3.66. The zero-order chi connectivity index (χ0) is 23.0. The molecule has 176 valence electrons. The van der Waals surface area contributed by atoms with Crippen LogP contribution < -0.4 is 29.9 Å². The molecular weight excluding hydrogens is 414 g/mol. The third kappa shape index (κ3) is 5.92. The van der Waals surface area contributed by atoms with E-state index in [4.69, 9.17) is 9.47 Å². The quantitative estimate of drug-likeness (QED) is 0.384. The molecule has 0 unspecified atom stereocenters. The maximum absolute atomic E-state index is 5.42. The summed E-state index contributed by atoms with van der Waals surface area (Å²) in [6, 6.07) is 15.2. The molecule has 2 heterocycles. The van der Waals surface area contributed by atoms with Gasteiger partial charge in [0, 0.05) is 75.4 Å². The highest BCUT2D eigenvalue weighted by molar-refractivity contribution is 5.80. The van der Waals surface area contributed by atoms with Crippen molar-refractivity contribution in [2.75, 3.05) is 57.2 Å². The molecule has 0 amide bonds. The van der Waals surface area contributed by atoms with Gasteiger partial charge in [0.15, 0.2) is 5.96 Å². The molecular formula is C26H35N5O2. The Kier molecular flexibility index (Phi) is 7.60. The number of ether oxygens (including phenoxy) is 2. The number of piperidine rings is 1. The van der Waals surface area contributed by atoms with Gasteiger partial charge in [-0.15, -0.1) is 0 Å². The maximum Gasteiger partial charge on any atom is 0.191 e. The zero-order valence-electron chi connectivity index (χ0n) is 19.9. The summed E-state index contributed by atoms with van der Waals surface area (Å²) in [5.74, 6) is 2.49. The SMILES string of the molecule is CN=C(NCc1ccc(N2CC=CC2)cc1)NC1CCN(c2cc(OC)cc(OC)c2)CC1. The van der Waals surface area contributed by atoms with Crippen molar-refractivity contribution in [3.05, 3.63) is 60.2 Å². The molecule has 0 saturated carbocycles. The highest BCUT2D eigenvalue weighted by Gasteiger charge is 2.21. The number of rotatable bonds is 7. The van der Waals surface area contributed by atoms with E-state index in [2.05, 4.69) is 74.0 Å². The van der Waals surface area contributed by atoms with Crippen LogP contribution in [0.25, 0.3) is 0 Å². The number of methoxy groups -OCH3 is 2. The fourth-order valence-electron chi connectivity index (χ4n) is 4.34. The van der Waals surface area contributed by atoms with Crippen LogP contribution in [0.3, 0.4) is 0 Å². The first-order chi connectivity index (χ1) is 16.2. The molecule has 2 aliphatic heterocycles. The van der Waals surface area contributed by atoms with Crippen molar-refractivity contribution < 1.29 is 9.47 Å². The Morgan fingerprint density at radius 2 is 1.55 bits per heavy atom. The predicted octanol–water partition coefficient (Wildman–Crippen LogP) is 3.41. The van der Waals surface area contributed by atoms with Crippen LogP contribution in [0.2, 0.25) is 0 Å². The van der Waals surface area contributed by atoms with E-state index in [9.17, 15) is 0 Å². The Balaban J connectivity index is 1.25. The molecule has 2 aromatic carbocycles. The van der Waals surface area contributed by atoms with E-state index in [0.29, 0.717) is 6.04 Å². The lowest BCUT2D eigenvalue weighted by Gasteiger charge is -2.34. The second kappa shape index (κ2) is 11.0.